The van der Waals surface area contributed by atoms with Gasteiger partial charge >= 0.3 is 0 Å². The lowest BCUT2D eigenvalue weighted by molar-refractivity contribution is -0.143. The standard InChI is InChI=1S/C20H20N4O4/c1-23(11-14-5-8-22-28-14)18(25)16-15-4-6-20(27-15)12-24(19(26)17(16)20)10-13-3-2-7-21-9-13/h2-9,15-17H,10-12H2,1H3/t15-,16-,17-,20-/m0/s1. The van der Waals surface area contributed by atoms with Crippen LogP contribution in [-0.4, -0.2) is 57.1 Å². The molecule has 2 aromatic rings. The van der Waals surface area contributed by atoms with E-state index in [0.29, 0.717) is 25.4 Å². The van der Waals surface area contributed by atoms with E-state index in [1.54, 1.807) is 41.5 Å². The van der Waals surface area contributed by atoms with Gasteiger partial charge in [0.15, 0.2) is 5.76 Å². The summed E-state index contributed by atoms with van der Waals surface area (Å²) in [5.41, 5.74) is 0.244. The predicted molar refractivity (Wildman–Crippen MR) is 96.4 cm³/mol. The smallest absolute Gasteiger partial charge is 0.230 e. The average molecular weight is 380 g/mol. The fourth-order valence-corrected chi connectivity index (χ4v) is 4.60. The van der Waals surface area contributed by atoms with Gasteiger partial charge < -0.3 is 19.1 Å². The fraction of sp³-hybridized carbons (Fsp3) is 0.400. The minimum absolute atomic E-state index is 0.0397. The molecular formula is C20H20N4O4. The molecule has 8 nitrogen and oxygen atoms in total. The first-order valence-corrected chi connectivity index (χ1v) is 9.27. The molecule has 4 atom stereocenters. The highest BCUT2D eigenvalue weighted by molar-refractivity contribution is 5.93. The third kappa shape index (κ3) is 2.56. The molecule has 2 fully saturated rings. The number of amides is 2. The van der Waals surface area contributed by atoms with Crippen LogP contribution in [0.5, 0.6) is 0 Å². The van der Waals surface area contributed by atoms with Crippen LogP contribution in [0.15, 0.2) is 53.5 Å². The van der Waals surface area contributed by atoms with Crippen LogP contribution < -0.4 is 0 Å². The number of carbonyl (C=O) groups is 2. The maximum absolute atomic E-state index is 13.2. The molecule has 144 valence electrons. The summed E-state index contributed by atoms with van der Waals surface area (Å²) in [6.07, 6.45) is 8.52. The number of likely N-dealkylation sites (tertiary alicyclic amines) is 1. The first kappa shape index (κ1) is 17.1. The van der Waals surface area contributed by atoms with E-state index in [-0.39, 0.29) is 17.9 Å². The zero-order valence-electron chi connectivity index (χ0n) is 15.4. The van der Waals surface area contributed by atoms with E-state index in [1.807, 2.05) is 24.3 Å². The van der Waals surface area contributed by atoms with Crippen molar-refractivity contribution in [3.8, 4) is 0 Å². The highest BCUT2D eigenvalue weighted by atomic mass is 16.5. The van der Waals surface area contributed by atoms with Crippen LogP contribution in [-0.2, 0) is 27.4 Å². The Balaban J connectivity index is 1.37. The van der Waals surface area contributed by atoms with Gasteiger partial charge in [-0.3, -0.25) is 14.6 Å². The monoisotopic (exact) mass is 380 g/mol. The van der Waals surface area contributed by atoms with Crippen LogP contribution in [0.2, 0.25) is 0 Å². The molecule has 28 heavy (non-hydrogen) atoms. The highest BCUT2D eigenvalue weighted by Gasteiger charge is 2.67. The number of aromatic nitrogens is 2. The zero-order chi connectivity index (χ0) is 19.3. The summed E-state index contributed by atoms with van der Waals surface area (Å²) in [4.78, 5) is 33.9. The molecule has 3 aliphatic rings. The normalized spacial score (nSPS) is 30.1. The van der Waals surface area contributed by atoms with E-state index in [0.717, 1.165) is 5.56 Å². The van der Waals surface area contributed by atoms with Crippen LogP contribution >= 0.6 is 0 Å². The number of rotatable bonds is 5. The van der Waals surface area contributed by atoms with E-state index in [9.17, 15) is 9.59 Å². The maximum atomic E-state index is 13.2. The van der Waals surface area contributed by atoms with Gasteiger partial charge in [0.2, 0.25) is 11.8 Å². The summed E-state index contributed by atoms with van der Waals surface area (Å²) >= 11 is 0. The second-order valence-electron chi connectivity index (χ2n) is 7.63. The molecule has 0 N–H and O–H groups in total. The first-order valence-electron chi connectivity index (χ1n) is 9.27. The Bertz CT molecular complexity index is 929. The quantitative estimate of drug-likeness (QED) is 0.720. The molecule has 2 saturated heterocycles. The number of nitrogens with zero attached hydrogens (tertiary/aromatic N) is 4. The van der Waals surface area contributed by atoms with Crippen molar-refractivity contribution in [1.29, 1.82) is 0 Å². The molecule has 5 heterocycles. The van der Waals surface area contributed by atoms with Crippen molar-refractivity contribution in [1.82, 2.24) is 19.9 Å². The minimum atomic E-state index is -0.711. The van der Waals surface area contributed by atoms with Crippen molar-refractivity contribution in [2.75, 3.05) is 13.6 Å². The van der Waals surface area contributed by atoms with Crippen molar-refractivity contribution in [3.63, 3.8) is 0 Å². The van der Waals surface area contributed by atoms with Crippen molar-refractivity contribution >= 4 is 11.8 Å². The van der Waals surface area contributed by atoms with Crippen molar-refractivity contribution in [2.24, 2.45) is 11.8 Å². The summed E-state index contributed by atoms with van der Waals surface area (Å²) in [5.74, 6) is -0.578. The molecule has 0 radical (unpaired) electrons. The van der Waals surface area contributed by atoms with E-state index in [4.69, 9.17) is 9.26 Å². The Morgan fingerprint density at radius 3 is 3.04 bits per heavy atom. The lowest BCUT2D eigenvalue weighted by Crippen LogP contribution is -2.44. The third-order valence-corrected chi connectivity index (χ3v) is 5.82. The number of fused-ring (bicyclic) bond motifs is 1. The average Bonchev–Trinajstić information content (AvgIpc) is 3.45. The molecular weight excluding hydrogens is 360 g/mol. The fourth-order valence-electron chi connectivity index (χ4n) is 4.60. The predicted octanol–water partition coefficient (Wildman–Crippen LogP) is 1.01. The Kier molecular flexibility index (Phi) is 3.83. The topological polar surface area (TPSA) is 88.8 Å². The summed E-state index contributed by atoms with van der Waals surface area (Å²) < 4.78 is 11.3. The molecule has 3 aliphatic heterocycles. The van der Waals surface area contributed by atoms with Gasteiger partial charge in [0.05, 0.1) is 37.2 Å². The summed E-state index contributed by atoms with van der Waals surface area (Å²) in [6.45, 7) is 1.22. The third-order valence-electron chi connectivity index (χ3n) is 5.82. The molecule has 8 heteroatoms. The number of pyridine rings is 1. The molecule has 1 spiro atoms. The van der Waals surface area contributed by atoms with Crippen LogP contribution in [0.4, 0.5) is 0 Å². The lowest BCUT2D eigenvalue weighted by Gasteiger charge is -2.27. The Hall–Kier alpha value is -3.00. The Labute approximate surface area is 161 Å². The number of hydrogen-bond acceptors (Lipinski definition) is 6. The summed E-state index contributed by atoms with van der Waals surface area (Å²) in [6, 6.07) is 5.51. The molecule has 2 bridgehead atoms. The summed E-state index contributed by atoms with van der Waals surface area (Å²) in [5, 5.41) is 3.67. The largest absolute Gasteiger partial charge is 0.360 e. The summed E-state index contributed by atoms with van der Waals surface area (Å²) in [7, 11) is 1.71. The number of hydrogen-bond donors (Lipinski definition) is 0. The zero-order valence-corrected chi connectivity index (χ0v) is 15.4. The van der Waals surface area contributed by atoms with Crippen molar-refractivity contribution in [3.05, 3.63) is 60.3 Å². The second kappa shape index (κ2) is 6.27. The molecule has 5 rings (SSSR count). The van der Waals surface area contributed by atoms with Gasteiger partial charge in [-0.25, -0.2) is 0 Å². The van der Waals surface area contributed by atoms with Crippen LogP contribution in [0.25, 0.3) is 0 Å². The molecule has 0 aliphatic carbocycles. The van der Waals surface area contributed by atoms with Crippen molar-refractivity contribution < 1.29 is 18.8 Å². The molecule has 0 saturated carbocycles. The second-order valence-corrected chi connectivity index (χ2v) is 7.63. The molecule has 0 unspecified atom stereocenters. The Morgan fingerprint density at radius 1 is 1.39 bits per heavy atom. The first-order chi connectivity index (χ1) is 13.6. The van der Waals surface area contributed by atoms with Gasteiger partial charge in [-0.2, -0.15) is 0 Å². The van der Waals surface area contributed by atoms with Crippen LogP contribution in [0, 0.1) is 11.8 Å². The van der Waals surface area contributed by atoms with Gasteiger partial charge in [-0.05, 0) is 11.6 Å². The van der Waals surface area contributed by atoms with Gasteiger partial charge in [0, 0.05) is 32.1 Å². The van der Waals surface area contributed by atoms with Gasteiger partial charge in [0.1, 0.15) is 5.60 Å². The van der Waals surface area contributed by atoms with E-state index in [1.165, 1.54) is 0 Å². The number of carbonyl (C=O) groups excluding carboxylic acids is 2. The molecule has 0 aromatic carbocycles. The van der Waals surface area contributed by atoms with Gasteiger partial charge in [-0.15, -0.1) is 0 Å². The van der Waals surface area contributed by atoms with E-state index >= 15 is 0 Å². The van der Waals surface area contributed by atoms with Gasteiger partial charge in [0.25, 0.3) is 0 Å². The van der Waals surface area contributed by atoms with Crippen LogP contribution in [0.3, 0.4) is 0 Å². The lowest BCUT2D eigenvalue weighted by atomic mass is 9.76. The SMILES string of the molecule is CN(Cc1ccno1)C(=O)[C@H]1[C@@H]2C=C[C@@]3(CN(Cc4cccnc4)C(=O)[C@H]13)O2. The highest BCUT2D eigenvalue weighted by Crippen LogP contribution is 2.52. The number of ether oxygens (including phenoxy) is 1. The van der Waals surface area contributed by atoms with E-state index in [2.05, 4.69) is 10.1 Å². The van der Waals surface area contributed by atoms with Crippen LogP contribution in [0.1, 0.15) is 11.3 Å². The van der Waals surface area contributed by atoms with E-state index < -0.39 is 17.4 Å². The molecule has 2 amide bonds. The molecule has 2 aromatic heterocycles. The minimum Gasteiger partial charge on any atom is -0.360 e. The van der Waals surface area contributed by atoms with Crippen molar-refractivity contribution in [2.45, 2.75) is 24.8 Å². The maximum Gasteiger partial charge on any atom is 0.230 e. The van der Waals surface area contributed by atoms with Gasteiger partial charge in [-0.1, -0.05) is 23.4 Å². The Morgan fingerprint density at radius 2 is 2.29 bits per heavy atom.